The summed E-state index contributed by atoms with van der Waals surface area (Å²) >= 11 is 6.06. The molecule has 2 rings (SSSR count). The minimum Gasteiger partial charge on any atom is -0.487 e. The summed E-state index contributed by atoms with van der Waals surface area (Å²) in [6, 6.07) is 14.9. The average Bonchev–Trinajstić information content (AvgIpc) is 2.38. The van der Waals surface area contributed by atoms with Crippen LogP contribution in [0.25, 0.3) is 0 Å². The number of rotatable bonds is 4. The minimum atomic E-state index is -0.00786. The second-order valence-electron chi connectivity index (χ2n) is 3.83. The molecule has 0 aliphatic rings. The van der Waals surface area contributed by atoms with Crippen LogP contribution in [0.5, 0.6) is 5.75 Å². The zero-order chi connectivity index (χ0) is 13.0. The maximum absolute atomic E-state index is 7.32. The lowest BCUT2D eigenvalue weighted by Gasteiger charge is -2.09. The third-order valence-electron chi connectivity index (χ3n) is 2.48. The molecule has 2 aromatic rings. The van der Waals surface area contributed by atoms with E-state index in [2.05, 4.69) is 0 Å². The lowest BCUT2D eigenvalue weighted by atomic mass is 10.2. The summed E-state index contributed by atoms with van der Waals surface area (Å²) in [6.45, 7) is 0.458. The van der Waals surface area contributed by atoms with Crippen molar-refractivity contribution in [3.05, 3.63) is 64.7 Å². The topological polar surface area (TPSA) is 59.1 Å². The van der Waals surface area contributed by atoms with E-state index >= 15 is 0 Å². The summed E-state index contributed by atoms with van der Waals surface area (Å²) in [7, 11) is 0. The molecule has 0 unspecified atom stereocenters. The van der Waals surface area contributed by atoms with Gasteiger partial charge in [-0.05, 0) is 23.8 Å². The van der Waals surface area contributed by atoms with Crippen LogP contribution in [0.3, 0.4) is 0 Å². The van der Waals surface area contributed by atoms with E-state index in [1.54, 1.807) is 18.2 Å². The third kappa shape index (κ3) is 3.02. The monoisotopic (exact) mass is 260 g/mol. The Morgan fingerprint density at radius 2 is 1.89 bits per heavy atom. The Morgan fingerprint density at radius 3 is 2.50 bits per heavy atom. The Hall–Kier alpha value is -2.00. The highest BCUT2D eigenvalue weighted by atomic mass is 35.5. The van der Waals surface area contributed by atoms with Gasteiger partial charge in [0.1, 0.15) is 18.2 Å². The van der Waals surface area contributed by atoms with Crippen molar-refractivity contribution in [1.29, 1.82) is 5.41 Å². The second-order valence-corrected chi connectivity index (χ2v) is 4.24. The number of nitrogens with two attached hydrogens (primary N) is 1. The van der Waals surface area contributed by atoms with Crippen molar-refractivity contribution >= 4 is 17.4 Å². The molecule has 0 atom stereocenters. The van der Waals surface area contributed by atoms with Gasteiger partial charge in [-0.25, -0.2) is 0 Å². The fourth-order valence-electron chi connectivity index (χ4n) is 1.52. The predicted octanol–water partition coefficient (Wildman–Crippen LogP) is 3.20. The minimum absolute atomic E-state index is 0.00786. The van der Waals surface area contributed by atoms with Crippen LogP contribution >= 0.6 is 11.6 Å². The van der Waals surface area contributed by atoms with Gasteiger partial charge in [0.2, 0.25) is 0 Å². The number of ether oxygens (including phenoxy) is 1. The molecular weight excluding hydrogens is 248 g/mol. The molecule has 4 heteroatoms. The normalized spacial score (nSPS) is 10.1. The van der Waals surface area contributed by atoms with Crippen LogP contribution in [0.1, 0.15) is 11.1 Å². The van der Waals surface area contributed by atoms with Gasteiger partial charge in [-0.15, -0.1) is 0 Å². The average molecular weight is 261 g/mol. The van der Waals surface area contributed by atoms with Crippen molar-refractivity contribution in [1.82, 2.24) is 0 Å². The molecule has 3 nitrogen and oxygen atoms in total. The van der Waals surface area contributed by atoms with Crippen LogP contribution in [0.2, 0.25) is 5.02 Å². The van der Waals surface area contributed by atoms with Crippen LogP contribution < -0.4 is 10.5 Å². The molecule has 0 spiro atoms. The molecular formula is C14H13ClN2O. The molecule has 2 aromatic carbocycles. The van der Waals surface area contributed by atoms with E-state index in [1.807, 2.05) is 30.3 Å². The van der Waals surface area contributed by atoms with E-state index in [1.165, 1.54) is 0 Å². The first-order chi connectivity index (χ1) is 8.66. The molecule has 0 aliphatic carbocycles. The van der Waals surface area contributed by atoms with Crippen molar-refractivity contribution < 1.29 is 4.74 Å². The van der Waals surface area contributed by atoms with Gasteiger partial charge in [-0.1, -0.05) is 41.9 Å². The Labute approximate surface area is 111 Å². The summed E-state index contributed by atoms with van der Waals surface area (Å²) in [5, 5.41) is 7.77. The number of benzene rings is 2. The van der Waals surface area contributed by atoms with Gasteiger partial charge in [-0.3, -0.25) is 5.41 Å². The van der Waals surface area contributed by atoms with Crippen molar-refractivity contribution in [3.63, 3.8) is 0 Å². The Kier molecular flexibility index (Phi) is 3.85. The van der Waals surface area contributed by atoms with Crippen LogP contribution in [0.15, 0.2) is 48.5 Å². The first-order valence-electron chi connectivity index (χ1n) is 5.47. The number of hydrogen-bond acceptors (Lipinski definition) is 2. The Balaban J connectivity index is 2.08. The molecule has 0 heterocycles. The standard InChI is InChI=1S/C14H13ClN2O/c15-12-8-11(14(16)17)6-7-13(12)18-9-10-4-2-1-3-5-10/h1-8H,9H2,(H3,16,17). The lowest BCUT2D eigenvalue weighted by Crippen LogP contribution is -2.10. The van der Waals surface area contributed by atoms with Gasteiger partial charge < -0.3 is 10.5 Å². The molecule has 0 bridgehead atoms. The zero-order valence-corrected chi connectivity index (χ0v) is 10.4. The smallest absolute Gasteiger partial charge is 0.138 e. The highest BCUT2D eigenvalue weighted by Gasteiger charge is 2.05. The van der Waals surface area contributed by atoms with Gasteiger partial charge in [-0.2, -0.15) is 0 Å². The fourth-order valence-corrected chi connectivity index (χ4v) is 1.76. The van der Waals surface area contributed by atoms with Crippen molar-refractivity contribution in [2.24, 2.45) is 5.73 Å². The maximum Gasteiger partial charge on any atom is 0.138 e. The summed E-state index contributed by atoms with van der Waals surface area (Å²) in [5.41, 5.74) is 7.04. The molecule has 3 N–H and O–H groups in total. The van der Waals surface area contributed by atoms with Crippen LogP contribution in [0.4, 0.5) is 0 Å². The predicted molar refractivity (Wildman–Crippen MR) is 73.2 cm³/mol. The van der Waals surface area contributed by atoms with E-state index in [0.717, 1.165) is 5.56 Å². The molecule has 18 heavy (non-hydrogen) atoms. The molecule has 0 fully saturated rings. The van der Waals surface area contributed by atoms with E-state index in [-0.39, 0.29) is 5.84 Å². The number of nitrogens with one attached hydrogen (secondary N) is 1. The van der Waals surface area contributed by atoms with Crippen molar-refractivity contribution in [3.8, 4) is 5.75 Å². The van der Waals surface area contributed by atoms with Gasteiger partial charge in [0, 0.05) is 5.56 Å². The first kappa shape index (κ1) is 12.5. The molecule has 92 valence electrons. The number of halogens is 1. The highest BCUT2D eigenvalue weighted by Crippen LogP contribution is 2.26. The lowest BCUT2D eigenvalue weighted by molar-refractivity contribution is 0.306. The van der Waals surface area contributed by atoms with E-state index in [9.17, 15) is 0 Å². The summed E-state index contributed by atoms with van der Waals surface area (Å²) in [6.07, 6.45) is 0. The second kappa shape index (κ2) is 5.56. The van der Waals surface area contributed by atoms with Crippen LogP contribution in [0, 0.1) is 5.41 Å². The quantitative estimate of drug-likeness (QED) is 0.655. The summed E-state index contributed by atoms with van der Waals surface area (Å²) < 4.78 is 5.61. The van der Waals surface area contributed by atoms with Gasteiger partial charge in [0.15, 0.2) is 0 Å². The Morgan fingerprint density at radius 1 is 1.17 bits per heavy atom. The summed E-state index contributed by atoms with van der Waals surface area (Å²) in [4.78, 5) is 0. The van der Waals surface area contributed by atoms with Gasteiger partial charge >= 0.3 is 0 Å². The Bertz CT molecular complexity index is 555. The summed E-state index contributed by atoms with van der Waals surface area (Å²) in [5.74, 6) is 0.581. The van der Waals surface area contributed by atoms with Crippen LogP contribution in [-0.4, -0.2) is 5.84 Å². The van der Waals surface area contributed by atoms with E-state index < -0.39 is 0 Å². The zero-order valence-electron chi connectivity index (χ0n) is 9.69. The molecule has 0 saturated carbocycles. The number of nitrogen functional groups attached to an aromatic ring is 1. The fraction of sp³-hybridized carbons (Fsp3) is 0.0714. The van der Waals surface area contributed by atoms with Crippen molar-refractivity contribution in [2.75, 3.05) is 0 Å². The van der Waals surface area contributed by atoms with Crippen molar-refractivity contribution in [2.45, 2.75) is 6.61 Å². The third-order valence-corrected chi connectivity index (χ3v) is 2.78. The highest BCUT2D eigenvalue weighted by molar-refractivity contribution is 6.32. The molecule has 0 aliphatic heterocycles. The molecule has 0 saturated heterocycles. The molecule has 0 radical (unpaired) electrons. The van der Waals surface area contributed by atoms with Gasteiger partial charge in [0.05, 0.1) is 5.02 Å². The maximum atomic E-state index is 7.32. The first-order valence-corrected chi connectivity index (χ1v) is 5.85. The molecule has 0 aromatic heterocycles. The van der Waals surface area contributed by atoms with E-state index in [4.69, 9.17) is 27.5 Å². The number of amidine groups is 1. The largest absolute Gasteiger partial charge is 0.487 e. The SMILES string of the molecule is N=C(N)c1ccc(OCc2ccccc2)c(Cl)c1. The van der Waals surface area contributed by atoms with Gasteiger partial charge in [0.25, 0.3) is 0 Å². The van der Waals surface area contributed by atoms with Crippen LogP contribution in [-0.2, 0) is 6.61 Å². The number of hydrogen-bond donors (Lipinski definition) is 2. The molecule has 0 amide bonds. The van der Waals surface area contributed by atoms with E-state index in [0.29, 0.717) is 22.9 Å².